The number of allylic oxidation sites excluding steroid dienone is 1. The molecule has 3 rings (SSSR count). The average Bonchev–Trinajstić information content (AvgIpc) is 2.57. The highest BCUT2D eigenvalue weighted by molar-refractivity contribution is 5.32. The van der Waals surface area contributed by atoms with Crippen LogP contribution in [-0.4, -0.2) is 0 Å². The Morgan fingerprint density at radius 1 is 1.05 bits per heavy atom. The third-order valence-electron chi connectivity index (χ3n) is 5.88. The summed E-state index contributed by atoms with van der Waals surface area (Å²) in [5, 5.41) is 0. The fourth-order valence-corrected chi connectivity index (χ4v) is 4.50. The highest BCUT2D eigenvalue weighted by Crippen LogP contribution is 2.41. The van der Waals surface area contributed by atoms with Crippen molar-refractivity contribution in [3.63, 3.8) is 0 Å². The van der Waals surface area contributed by atoms with Crippen LogP contribution in [0.5, 0.6) is 0 Å². The van der Waals surface area contributed by atoms with Gasteiger partial charge in [0.15, 0.2) is 11.6 Å². The first kappa shape index (κ1) is 15.7. The number of fused-ring (bicyclic) bond motifs is 1. The fourth-order valence-electron chi connectivity index (χ4n) is 4.50. The summed E-state index contributed by atoms with van der Waals surface area (Å²) in [6.45, 7) is 3.80. The molecule has 1 aromatic carbocycles. The molecule has 1 unspecified atom stereocenters. The maximum Gasteiger partial charge on any atom is 0.162 e. The molecule has 1 aromatic rings. The highest BCUT2D eigenvalue weighted by Gasteiger charge is 2.31. The van der Waals surface area contributed by atoms with Gasteiger partial charge in [0, 0.05) is 0 Å². The van der Waals surface area contributed by atoms with Gasteiger partial charge in [0.05, 0.1) is 0 Å². The second-order valence-electron chi connectivity index (χ2n) is 7.15. The topological polar surface area (TPSA) is 0 Å². The lowest BCUT2D eigenvalue weighted by atomic mass is 9.69. The van der Waals surface area contributed by atoms with Crippen LogP contribution >= 0.6 is 0 Å². The van der Waals surface area contributed by atoms with Crippen molar-refractivity contribution in [1.29, 1.82) is 0 Å². The Bertz CT molecular complexity index is 527. The summed E-state index contributed by atoms with van der Waals surface area (Å²) in [7, 11) is 0. The molecular weight excluding hydrogens is 278 g/mol. The highest BCUT2D eigenvalue weighted by atomic mass is 19.2. The van der Waals surface area contributed by atoms with Crippen LogP contribution in [0.1, 0.15) is 56.1 Å². The molecule has 0 aliphatic heterocycles. The van der Waals surface area contributed by atoms with E-state index in [9.17, 15) is 8.78 Å². The number of aryl methyl sites for hydroxylation is 1. The van der Waals surface area contributed by atoms with Gasteiger partial charge in [-0.3, -0.25) is 0 Å². The van der Waals surface area contributed by atoms with E-state index >= 15 is 0 Å². The second-order valence-corrected chi connectivity index (χ2v) is 7.15. The van der Waals surface area contributed by atoms with Gasteiger partial charge < -0.3 is 0 Å². The van der Waals surface area contributed by atoms with Crippen molar-refractivity contribution in [2.24, 2.45) is 17.8 Å². The molecule has 2 heteroatoms. The molecule has 0 nitrogen and oxygen atoms in total. The molecule has 0 N–H and O–H groups in total. The van der Waals surface area contributed by atoms with Gasteiger partial charge in [-0.1, -0.05) is 25.0 Å². The number of hydrogen-bond acceptors (Lipinski definition) is 0. The van der Waals surface area contributed by atoms with Gasteiger partial charge in [0.25, 0.3) is 0 Å². The maximum absolute atomic E-state index is 14.0. The van der Waals surface area contributed by atoms with Crippen molar-refractivity contribution in [3.05, 3.63) is 47.5 Å². The number of hydrogen-bond donors (Lipinski definition) is 0. The molecule has 1 saturated carbocycles. The van der Waals surface area contributed by atoms with Crippen molar-refractivity contribution in [2.75, 3.05) is 0 Å². The Morgan fingerprint density at radius 2 is 1.82 bits per heavy atom. The van der Waals surface area contributed by atoms with Gasteiger partial charge in [-0.05, 0) is 79.9 Å². The normalized spacial score (nSPS) is 28.2. The third kappa shape index (κ3) is 3.26. The van der Waals surface area contributed by atoms with Crippen LogP contribution < -0.4 is 0 Å². The molecule has 120 valence electrons. The minimum Gasteiger partial charge on any atom is -0.204 e. The number of halogens is 2. The van der Waals surface area contributed by atoms with E-state index in [0.717, 1.165) is 37.2 Å². The zero-order chi connectivity index (χ0) is 15.5. The molecule has 0 heterocycles. The Hall–Kier alpha value is -1.18. The lowest BCUT2D eigenvalue weighted by Gasteiger charge is -2.36. The smallest absolute Gasteiger partial charge is 0.162 e. The Balaban J connectivity index is 1.61. The Kier molecular flexibility index (Phi) is 4.95. The molecule has 0 aromatic heterocycles. The maximum atomic E-state index is 14.0. The molecule has 0 radical (unpaired) electrons. The predicted octanol–water partition coefficient (Wildman–Crippen LogP) is 5.84. The van der Waals surface area contributed by atoms with Crippen molar-refractivity contribution in [3.8, 4) is 0 Å². The summed E-state index contributed by atoms with van der Waals surface area (Å²) < 4.78 is 27.5. The van der Waals surface area contributed by atoms with Crippen molar-refractivity contribution < 1.29 is 8.78 Å². The minimum atomic E-state index is -0.687. The minimum absolute atomic E-state index is 0.546. The zero-order valence-electron chi connectivity index (χ0n) is 13.3. The molecule has 22 heavy (non-hydrogen) atoms. The standard InChI is InChI=1S/C20H26F2/c1-2-3-4-14-5-7-15(8-6-14)17-10-9-16-11-12-19(21)20(22)18(16)13-17/h2,11-12,14-15,17H,1,3-10,13H2. The lowest BCUT2D eigenvalue weighted by Crippen LogP contribution is -2.27. The molecule has 2 aliphatic rings. The van der Waals surface area contributed by atoms with Crippen LogP contribution in [0.15, 0.2) is 24.8 Å². The number of rotatable bonds is 4. The van der Waals surface area contributed by atoms with Crippen molar-refractivity contribution in [1.82, 2.24) is 0 Å². The van der Waals surface area contributed by atoms with E-state index in [0.29, 0.717) is 17.4 Å². The van der Waals surface area contributed by atoms with E-state index in [4.69, 9.17) is 0 Å². The first-order valence-electron chi connectivity index (χ1n) is 8.75. The summed E-state index contributed by atoms with van der Waals surface area (Å²) in [5.74, 6) is 0.814. The largest absolute Gasteiger partial charge is 0.204 e. The van der Waals surface area contributed by atoms with E-state index < -0.39 is 11.6 Å². The first-order chi connectivity index (χ1) is 10.7. The van der Waals surface area contributed by atoms with Gasteiger partial charge in [-0.2, -0.15) is 0 Å². The SMILES string of the molecule is C=CCCC1CCC(C2CCc3ccc(F)c(F)c3C2)CC1. The van der Waals surface area contributed by atoms with Crippen LogP contribution in [-0.2, 0) is 12.8 Å². The Morgan fingerprint density at radius 3 is 2.55 bits per heavy atom. The molecule has 0 bridgehead atoms. The summed E-state index contributed by atoms with van der Waals surface area (Å²) in [6, 6.07) is 3.05. The molecule has 0 amide bonds. The second kappa shape index (κ2) is 6.93. The van der Waals surface area contributed by atoms with Crippen LogP contribution in [0.4, 0.5) is 8.78 Å². The van der Waals surface area contributed by atoms with Crippen molar-refractivity contribution in [2.45, 2.75) is 57.8 Å². The third-order valence-corrected chi connectivity index (χ3v) is 5.88. The van der Waals surface area contributed by atoms with E-state index in [1.807, 2.05) is 6.08 Å². The van der Waals surface area contributed by atoms with Gasteiger partial charge in [-0.15, -0.1) is 6.58 Å². The van der Waals surface area contributed by atoms with Crippen LogP contribution in [0, 0.1) is 29.4 Å². The van der Waals surface area contributed by atoms with E-state index in [2.05, 4.69) is 6.58 Å². The molecule has 0 saturated heterocycles. The van der Waals surface area contributed by atoms with Gasteiger partial charge in [0.1, 0.15) is 0 Å². The Labute approximate surface area is 132 Å². The summed E-state index contributed by atoms with van der Waals surface area (Å²) in [5.41, 5.74) is 1.68. The van der Waals surface area contributed by atoms with Crippen LogP contribution in [0.25, 0.3) is 0 Å². The van der Waals surface area contributed by atoms with Crippen LogP contribution in [0.3, 0.4) is 0 Å². The summed E-state index contributed by atoms with van der Waals surface area (Å²) in [4.78, 5) is 0. The molecular formula is C20H26F2. The van der Waals surface area contributed by atoms with E-state index in [1.54, 1.807) is 6.07 Å². The quantitative estimate of drug-likeness (QED) is 0.613. The lowest BCUT2D eigenvalue weighted by molar-refractivity contribution is 0.184. The molecule has 0 spiro atoms. The summed E-state index contributed by atoms with van der Waals surface area (Å²) in [6.07, 6.45) is 12.3. The van der Waals surface area contributed by atoms with Gasteiger partial charge in [0.2, 0.25) is 0 Å². The van der Waals surface area contributed by atoms with E-state index in [1.165, 1.54) is 38.2 Å². The molecule has 1 fully saturated rings. The monoisotopic (exact) mass is 304 g/mol. The fraction of sp³-hybridized carbons (Fsp3) is 0.600. The average molecular weight is 304 g/mol. The van der Waals surface area contributed by atoms with E-state index in [-0.39, 0.29) is 0 Å². The molecule has 1 atom stereocenters. The van der Waals surface area contributed by atoms with Crippen molar-refractivity contribution >= 4 is 0 Å². The molecule has 2 aliphatic carbocycles. The zero-order valence-corrected chi connectivity index (χ0v) is 13.3. The summed E-state index contributed by atoms with van der Waals surface area (Å²) >= 11 is 0. The van der Waals surface area contributed by atoms with Gasteiger partial charge in [-0.25, -0.2) is 8.78 Å². The predicted molar refractivity (Wildman–Crippen MR) is 86.8 cm³/mol. The van der Waals surface area contributed by atoms with Gasteiger partial charge >= 0.3 is 0 Å². The first-order valence-corrected chi connectivity index (χ1v) is 8.75. The van der Waals surface area contributed by atoms with Crippen LogP contribution in [0.2, 0.25) is 0 Å². The number of benzene rings is 1.